The summed E-state index contributed by atoms with van der Waals surface area (Å²) >= 11 is 6.23. The highest BCUT2D eigenvalue weighted by atomic mass is 35.5. The fourth-order valence-electron chi connectivity index (χ4n) is 2.48. The Bertz CT molecular complexity index is 644. The molecule has 0 spiro atoms. The molecule has 2 heteroatoms. The lowest BCUT2D eigenvalue weighted by molar-refractivity contribution is 0.589. The first-order chi connectivity index (χ1) is 9.88. The predicted octanol–water partition coefficient (Wildman–Crippen LogP) is 5.43. The van der Waals surface area contributed by atoms with Gasteiger partial charge in [-0.05, 0) is 60.7 Å². The Morgan fingerprint density at radius 3 is 2.33 bits per heavy atom. The molecule has 0 bridgehead atoms. The van der Waals surface area contributed by atoms with Crippen LogP contribution in [0.4, 0.5) is 0 Å². The van der Waals surface area contributed by atoms with Crippen LogP contribution < -0.4 is 5.32 Å². The highest BCUT2D eigenvalue weighted by Crippen LogP contribution is 2.31. The average Bonchev–Trinajstić information content (AvgIpc) is 2.41. The van der Waals surface area contributed by atoms with Crippen molar-refractivity contribution < 1.29 is 0 Å². The van der Waals surface area contributed by atoms with Crippen LogP contribution in [0.25, 0.3) is 11.1 Å². The molecule has 0 aliphatic heterocycles. The largest absolute Gasteiger partial charge is 0.310 e. The van der Waals surface area contributed by atoms with Crippen molar-refractivity contribution in [1.82, 2.24) is 5.32 Å². The van der Waals surface area contributed by atoms with E-state index in [9.17, 15) is 0 Å². The van der Waals surface area contributed by atoms with Crippen LogP contribution in [0.5, 0.6) is 0 Å². The molecule has 1 N–H and O–H groups in total. The Hall–Kier alpha value is -1.31. The van der Waals surface area contributed by atoms with Crippen molar-refractivity contribution >= 4 is 11.6 Å². The minimum atomic E-state index is 0.479. The molecule has 0 atom stereocenters. The lowest BCUT2D eigenvalue weighted by atomic mass is 9.93. The first-order valence-corrected chi connectivity index (χ1v) is 7.86. The van der Waals surface area contributed by atoms with E-state index in [2.05, 4.69) is 70.3 Å². The fraction of sp³-hybridized carbons (Fsp3) is 0.368. The standard InChI is InChI=1S/C19H24ClN/c1-12(2)21-11-16-7-6-13(3)8-18(16)17-9-15(5)19(20)10-14(17)4/h6-10,12,21H,11H2,1-5H3. The summed E-state index contributed by atoms with van der Waals surface area (Å²) in [7, 11) is 0. The number of rotatable bonds is 4. The predicted molar refractivity (Wildman–Crippen MR) is 93.1 cm³/mol. The summed E-state index contributed by atoms with van der Waals surface area (Å²) in [6.45, 7) is 11.6. The molecule has 0 unspecified atom stereocenters. The summed E-state index contributed by atoms with van der Waals surface area (Å²) in [6, 6.07) is 11.4. The number of hydrogen-bond acceptors (Lipinski definition) is 1. The van der Waals surface area contributed by atoms with E-state index in [4.69, 9.17) is 11.6 Å². The molecular formula is C19H24ClN. The molecule has 0 heterocycles. The molecule has 0 radical (unpaired) electrons. The minimum absolute atomic E-state index is 0.479. The highest BCUT2D eigenvalue weighted by Gasteiger charge is 2.10. The van der Waals surface area contributed by atoms with Crippen LogP contribution in [-0.2, 0) is 6.54 Å². The van der Waals surface area contributed by atoms with Crippen molar-refractivity contribution in [2.24, 2.45) is 0 Å². The zero-order valence-electron chi connectivity index (χ0n) is 13.5. The highest BCUT2D eigenvalue weighted by molar-refractivity contribution is 6.31. The van der Waals surface area contributed by atoms with Gasteiger partial charge in [0, 0.05) is 17.6 Å². The fourth-order valence-corrected chi connectivity index (χ4v) is 2.70. The number of benzene rings is 2. The second-order valence-corrected chi connectivity index (χ2v) is 6.52. The van der Waals surface area contributed by atoms with Gasteiger partial charge in [0.15, 0.2) is 0 Å². The van der Waals surface area contributed by atoms with Gasteiger partial charge >= 0.3 is 0 Å². The van der Waals surface area contributed by atoms with Crippen molar-refractivity contribution in [3.63, 3.8) is 0 Å². The van der Waals surface area contributed by atoms with E-state index in [1.54, 1.807) is 0 Å². The molecule has 2 aromatic rings. The first kappa shape index (κ1) is 16.1. The smallest absolute Gasteiger partial charge is 0.0438 e. The third-order valence-corrected chi connectivity index (χ3v) is 4.17. The number of halogens is 1. The van der Waals surface area contributed by atoms with Crippen LogP contribution in [0.3, 0.4) is 0 Å². The van der Waals surface area contributed by atoms with Crippen molar-refractivity contribution in [3.05, 3.63) is 57.6 Å². The van der Waals surface area contributed by atoms with Crippen LogP contribution >= 0.6 is 11.6 Å². The Kier molecular flexibility index (Phi) is 5.08. The van der Waals surface area contributed by atoms with E-state index < -0.39 is 0 Å². The second kappa shape index (κ2) is 6.64. The van der Waals surface area contributed by atoms with Gasteiger partial charge in [-0.3, -0.25) is 0 Å². The van der Waals surface area contributed by atoms with E-state index in [-0.39, 0.29) is 0 Å². The molecular weight excluding hydrogens is 278 g/mol. The molecule has 2 aromatic carbocycles. The van der Waals surface area contributed by atoms with Crippen molar-refractivity contribution in [2.45, 2.75) is 47.2 Å². The number of aryl methyl sites for hydroxylation is 3. The SMILES string of the molecule is Cc1ccc(CNC(C)C)c(-c2cc(C)c(Cl)cc2C)c1. The minimum Gasteiger partial charge on any atom is -0.310 e. The van der Waals surface area contributed by atoms with E-state index in [1.165, 1.54) is 27.8 Å². The van der Waals surface area contributed by atoms with Crippen LogP contribution in [0.15, 0.2) is 30.3 Å². The summed E-state index contributed by atoms with van der Waals surface area (Å²) in [5.74, 6) is 0. The topological polar surface area (TPSA) is 12.0 Å². The van der Waals surface area contributed by atoms with Crippen molar-refractivity contribution in [3.8, 4) is 11.1 Å². The summed E-state index contributed by atoms with van der Waals surface area (Å²) in [6.07, 6.45) is 0. The van der Waals surface area contributed by atoms with Crippen LogP contribution in [0, 0.1) is 20.8 Å². The Balaban J connectivity index is 2.51. The van der Waals surface area contributed by atoms with Gasteiger partial charge < -0.3 is 5.32 Å². The zero-order valence-corrected chi connectivity index (χ0v) is 14.3. The Morgan fingerprint density at radius 2 is 1.67 bits per heavy atom. The third-order valence-electron chi connectivity index (χ3n) is 3.76. The van der Waals surface area contributed by atoms with Gasteiger partial charge in [0.1, 0.15) is 0 Å². The maximum atomic E-state index is 6.23. The summed E-state index contributed by atoms with van der Waals surface area (Å²) in [5, 5.41) is 4.35. The molecule has 0 aromatic heterocycles. The summed E-state index contributed by atoms with van der Waals surface area (Å²) in [4.78, 5) is 0. The van der Waals surface area contributed by atoms with Crippen LogP contribution in [0.2, 0.25) is 5.02 Å². The lowest BCUT2D eigenvalue weighted by Crippen LogP contribution is -2.22. The van der Waals surface area contributed by atoms with Crippen LogP contribution in [-0.4, -0.2) is 6.04 Å². The Labute approximate surface area is 133 Å². The van der Waals surface area contributed by atoms with Crippen molar-refractivity contribution in [2.75, 3.05) is 0 Å². The van der Waals surface area contributed by atoms with Gasteiger partial charge in [-0.15, -0.1) is 0 Å². The average molecular weight is 302 g/mol. The molecule has 0 fully saturated rings. The zero-order chi connectivity index (χ0) is 15.6. The monoisotopic (exact) mass is 301 g/mol. The first-order valence-electron chi connectivity index (χ1n) is 7.48. The maximum Gasteiger partial charge on any atom is 0.0438 e. The van der Waals surface area contributed by atoms with Gasteiger partial charge in [0.2, 0.25) is 0 Å². The quantitative estimate of drug-likeness (QED) is 0.794. The third kappa shape index (κ3) is 3.87. The van der Waals surface area contributed by atoms with Gasteiger partial charge in [-0.2, -0.15) is 0 Å². The summed E-state index contributed by atoms with van der Waals surface area (Å²) in [5.41, 5.74) is 7.55. The molecule has 0 amide bonds. The molecule has 0 aliphatic rings. The van der Waals surface area contributed by atoms with Gasteiger partial charge in [-0.25, -0.2) is 0 Å². The molecule has 2 rings (SSSR count). The normalized spacial score (nSPS) is 11.2. The molecule has 21 heavy (non-hydrogen) atoms. The second-order valence-electron chi connectivity index (χ2n) is 6.11. The van der Waals surface area contributed by atoms with E-state index in [0.29, 0.717) is 6.04 Å². The molecule has 0 saturated carbocycles. The van der Waals surface area contributed by atoms with Gasteiger partial charge in [-0.1, -0.05) is 49.2 Å². The number of hydrogen-bond donors (Lipinski definition) is 1. The van der Waals surface area contributed by atoms with Crippen molar-refractivity contribution in [1.29, 1.82) is 0 Å². The van der Waals surface area contributed by atoms with Gasteiger partial charge in [0.25, 0.3) is 0 Å². The summed E-state index contributed by atoms with van der Waals surface area (Å²) < 4.78 is 0. The molecule has 0 saturated heterocycles. The van der Waals surface area contributed by atoms with E-state index >= 15 is 0 Å². The van der Waals surface area contributed by atoms with Gasteiger partial charge in [0.05, 0.1) is 0 Å². The Morgan fingerprint density at radius 1 is 0.952 bits per heavy atom. The van der Waals surface area contributed by atoms with Crippen LogP contribution in [0.1, 0.15) is 36.1 Å². The molecule has 1 nitrogen and oxygen atoms in total. The van der Waals surface area contributed by atoms with E-state index in [0.717, 1.165) is 17.1 Å². The van der Waals surface area contributed by atoms with E-state index in [1.807, 2.05) is 0 Å². The molecule has 0 aliphatic carbocycles. The lowest BCUT2D eigenvalue weighted by Gasteiger charge is -2.16. The number of nitrogens with one attached hydrogen (secondary N) is 1. The molecule has 112 valence electrons. The maximum absolute atomic E-state index is 6.23.